The maximum absolute atomic E-state index is 15.0. The fourth-order valence-corrected chi connectivity index (χ4v) is 5.92. The molecule has 1 N–H and O–H groups in total. The Kier molecular flexibility index (Phi) is 8.21. The lowest BCUT2D eigenvalue weighted by Crippen LogP contribution is -2.27. The van der Waals surface area contributed by atoms with Crippen LogP contribution in [0.25, 0.3) is 21.3 Å². The lowest BCUT2D eigenvalue weighted by Gasteiger charge is -2.17. The number of nitrogens with zero attached hydrogens (tertiary/aromatic N) is 1. The van der Waals surface area contributed by atoms with E-state index < -0.39 is 5.82 Å². The lowest BCUT2D eigenvalue weighted by molar-refractivity contribution is -0.149. The molecule has 4 aromatic rings. The maximum atomic E-state index is 15.0. The van der Waals surface area contributed by atoms with Gasteiger partial charge in [0.05, 0.1) is 35.5 Å². The molecular formula is C31H31FN2O4S. The van der Waals surface area contributed by atoms with Crippen molar-refractivity contribution in [3.63, 3.8) is 0 Å². The van der Waals surface area contributed by atoms with Crippen molar-refractivity contribution in [1.29, 1.82) is 0 Å². The highest BCUT2D eigenvalue weighted by atomic mass is 32.1. The first-order valence-corrected chi connectivity index (χ1v) is 14.1. The number of halogens is 1. The average Bonchev–Trinajstić information content (AvgIpc) is 3.60. The molecule has 1 fully saturated rings. The van der Waals surface area contributed by atoms with E-state index in [1.54, 1.807) is 25.3 Å². The first kappa shape index (κ1) is 26.8. The highest BCUT2D eigenvalue weighted by Gasteiger charge is 2.39. The summed E-state index contributed by atoms with van der Waals surface area (Å²) in [6, 6.07) is 17.8. The minimum Gasteiger partial charge on any atom is -0.497 e. The van der Waals surface area contributed by atoms with Crippen molar-refractivity contribution in [3.8, 4) is 16.9 Å². The summed E-state index contributed by atoms with van der Waals surface area (Å²) in [5, 5.41) is 3.66. The van der Waals surface area contributed by atoms with Crippen LogP contribution in [-0.2, 0) is 9.53 Å². The number of hydrogen-bond acceptors (Lipinski definition) is 7. The van der Waals surface area contributed by atoms with Gasteiger partial charge < -0.3 is 14.8 Å². The van der Waals surface area contributed by atoms with Gasteiger partial charge in [0, 0.05) is 11.5 Å². The Bertz CT molecular complexity index is 1480. The number of Topliss-reactive ketones (excluding diaryl/α,β-unsaturated/α-hetero) is 1. The second-order valence-corrected chi connectivity index (χ2v) is 10.8. The van der Waals surface area contributed by atoms with Crippen LogP contribution in [0, 0.1) is 17.7 Å². The number of carbonyl (C=O) groups is 2. The molecule has 1 aromatic heterocycles. The molecule has 1 aliphatic rings. The predicted molar refractivity (Wildman–Crippen MR) is 152 cm³/mol. The Morgan fingerprint density at radius 3 is 2.54 bits per heavy atom. The first-order chi connectivity index (χ1) is 19.0. The number of ether oxygens (including phenoxy) is 2. The third-order valence-electron chi connectivity index (χ3n) is 7.21. The molecule has 0 bridgehead atoms. The monoisotopic (exact) mass is 546 g/mol. The molecular weight excluding hydrogens is 515 g/mol. The highest BCUT2D eigenvalue weighted by molar-refractivity contribution is 7.22. The van der Waals surface area contributed by atoms with E-state index in [2.05, 4.69) is 10.3 Å². The zero-order chi connectivity index (χ0) is 27.4. The van der Waals surface area contributed by atoms with Crippen LogP contribution in [0.15, 0.2) is 60.7 Å². The summed E-state index contributed by atoms with van der Waals surface area (Å²) >= 11 is 1.42. The van der Waals surface area contributed by atoms with Crippen molar-refractivity contribution in [3.05, 3.63) is 72.0 Å². The zero-order valence-corrected chi connectivity index (χ0v) is 22.9. The Morgan fingerprint density at radius 2 is 1.79 bits per heavy atom. The molecule has 0 aliphatic heterocycles. The fraction of sp³-hybridized carbons (Fsp3) is 0.323. The summed E-state index contributed by atoms with van der Waals surface area (Å²) in [5.41, 5.74) is 3.19. The van der Waals surface area contributed by atoms with Crippen molar-refractivity contribution in [2.24, 2.45) is 11.8 Å². The Morgan fingerprint density at radius 1 is 1.03 bits per heavy atom. The smallest absolute Gasteiger partial charge is 0.309 e. The zero-order valence-electron chi connectivity index (χ0n) is 22.0. The summed E-state index contributed by atoms with van der Waals surface area (Å²) in [6.07, 6.45) is 4.00. The number of rotatable bonds is 10. The number of carbonyl (C=O) groups excluding carboxylic acids is 2. The number of fused-ring (bicyclic) bond motifs is 1. The van der Waals surface area contributed by atoms with Crippen molar-refractivity contribution >= 4 is 44.1 Å². The van der Waals surface area contributed by atoms with Crippen LogP contribution in [0.4, 0.5) is 15.2 Å². The Labute approximate surface area is 231 Å². The van der Waals surface area contributed by atoms with E-state index in [1.807, 2.05) is 43.3 Å². The van der Waals surface area contributed by atoms with E-state index in [0.717, 1.165) is 40.8 Å². The van der Waals surface area contributed by atoms with Crippen molar-refractivity contribution < 1.29 is 23.5 Å². The lowest BCUT2D eigenvalue weighted by atomic mass is 9.88. The van der Waals surface area contributed by atoms with Crippen molar-refractivity contribution in [2.75, 3.05) is 19.0 Å². The predicted octanol–water partition coefficient (Wildman–Crippen LogP) is 7.80. The van der Waals surface area contributed by atoms with Gasteiger partial charge >= 0.3 is 5.97 Å². The molecule has 0 saturated heterocycles. The SMILES string of the molecule is CCCCOC(=O)C1CCCC1C(=O)c1ccc(-c2ccc(Nc3nc4ccc(OC)cc4s3)c(F)c2)cc1. The van der Waals surface area contributed by atoms with Gasteiger partial charge in [-0.2, -0.15) is 0 Å². The molecule has 8 heteroatoms. The molecule has 0 spiro atoms. The topological polar surface area (TPSA) is 77.5 Å². The minimum absolute atomic E-state index is 0.0318. The van der Waals surface area contributed by atoms with Gasteiger partial charge in [-0.1, -0.05) is 61.4 Å². The van der Waals surface area contributed by atoms with Gasteiger partial charge in [0.1, 0.15) is 11.6 Å². The quantitative estimate of drug-likeness (QED) is 0.124. The van der Waals surface area contributed by atoms with Crippen LogP contribution in [0.1, 0.15) is 49.4 Å². The van der Waals surface area contributed by atoms with Crippen LogP contribution in [0.3, 0.4) is 0 Å². The molecule has 1 saturated carbocycles. The van der Waals surface area contributed by atoms with E-state index >= 15 is 4.39 Å². The van der Waals surface area contributed by atoms with Crippen LogP contribution < -0.4 is 10.1 Å². The summed E-state index contributed by atoms with van der Waals surface area (Å²) in [5.74, 6) is -0.674. The van der Waals surface area contributed by atoms with Crippen LogP contribution in [-0.4, -0.2) is 30.5 Å². The van der Waals surface area contributed by atoms with Gasteiger partial charge in [0.15, 0.2) is 10.9 Å². The molecule has 2 atom stereocenters. The molecule has 0 amide bonds. The molecule has 3 aromatic carbocycles. The van der Waals surface area contributed by atoms with Crippen molar-refractivity contribution in [1.82, 2.24) is 4.98 Å². The summed E-state index contributed by atoms with van der Waals surface area (Å²) in [7, 11) is 1.61. The van der Waals surface area contributed by atoms with E-state index in [9.17, 15) is 9.59 Å². The normalized spacial score (nSPS) is 16.8. The van der Waals surface area contributed by atoms with Crippen LogP contribution >= 0.6 is 11.3 Å². The number of nitrogens with one attached hydrogen (secondary N) is 1. The molecule has 0 radical (unpaired) electrons. The molecule has 1 aliphatic carbocycles. The van der Waals surface area contributed by atoms with Crippen LogP contribution in [0.5, 0.6) is 5.75 Å². The number of methoxy groups -OCH3 is 1. The van der Waals surface area contributed by atoms with Gasteiger partial charge in [-0.15, -0.1) is 0 Å². The van der Waals surface area contributed by atoms with Gasteiger partial charge in [-0.05, 0) is 60.7 Å². The Balaban J connectivity index is 1.26. The summed E-state index contributed by atoms with van der Waals surface area (Å²) in [4.78, 5) is 30.3. The third kappa shape index (κ3) is 5.96. The maximum Gasteiger partial charge on any atom is 0.309 e. The van der Waals surface area contributed by atoms with E-state index in [-0.39, 0.29) is 23.6 Å². The highest BCUT2D eigenvalue weighted by Crippen LogP contribution is 2.36. The molecule has 2 unspecified atom stereocenters. The Hall–Kier alpha value is -3.78. The number of esters is 1. The van der Waals surface area contributed by atoms with E-state index in [1.165, 1.54) is 17.4 Å². The number of hydrogen-bond donors (Lipinski definition) is 1. The third-order valence-corrected chi connectivity index (χ3v) is 8.14. The molecule has 5 rings (SSSR count). The summed E-state index contributed by atoms with van der Waals surface area (Å²) < 4.78 is 26.6. The largest absolute Gasteiger partial charge is 0.497 e. The molecule has 6 nitrogen and oxygen atoms in total. The fourth-order valence-electron chi connectivity index (χ4n) is 5.02. The number of thiazole rings is 1. The van der Waals surface area contributed by atoms with Gasteiger partial charge in [0.25, 0.3) is 0 Å². The first-order valence-electron chi connectivity index (χ1n) is 13.3. The summed E-state index contributed by atoms with van der Waals surface area (Å²) in [6.45, 7) is 2.45. The minimum atomic E-state index is -0.403. The van der Waals surface area contributed by atoms with E-state index in [0.29, 0.717) is 41.4 Å². The molecule has 202 valence electrons. The van der Waals surface area contributed by atoms with Gasteiger partial charge in [0.2, 0.25) is 0 Å². The second kappa shape index (κ2) is 11.9. The number of aromatic nitrogens is 1. The number of ketones is 1. The van der Waals surface area contributed by atoms with Gasteiger partial charge in [-0.25, -0.2) is 9.37 Å². The average molecular weight is 547 g/mol. The molecule has 1 heterocycles. The number of unbranched alkanes of at least 4 members (excludes halogenated alkanes) is 1. The number of anilines is 2. The second-order valence-electron chi connectivity index (χ2n) is 9.78. The van der Waals surface area contributed by atoms with Crippen molar-refractivity contribution in [2.45, 2.75) is 39.0 Å². The van der Waals surface area contributed by atoms with Crippen LogP contribution in [0.2, 0.25) is 0 Å². The number of benzene rings is 3. The molecule has 39 heavy (non-hydrogen) atoms. The van der Waals surface area contributed by atoms with Gasteiger partial charge in [-0.3, -0.25) is 9.59 Å². The van der Waals surface area contributed by atoms with E-state index in [4.69, 9.17) is 9.47 Å². The standard InChI is InChI=1S/C31H31FN2O4S/c1-3-4-16-38-30(36)24-7-5-6-23(24)29(35)20-10-8-19(9-11-20)21-12-14-26(25(32)17-21)33-31-34-27-15-13-22(37-2)18-28(27)39-31/h8-15,17-18,23-24H,3-7,16H2,1-2H3,(H,33,34).